The maximum absolute atomic E-state index is 11.2. The lowest BCUT2D eigenvalue weighted by Gasteiger charge is -2.18. The van der Waals surface area contributed by atoms with Gasteiger partial charge in [-0.1, -0.05) is 24.3 Å². The first kappa shape index (κ1) is 20.7. The molecule has 2 aromatic rings. The molecular weight excluding hydrogens is 364 g/mol. The van der Waals surface area contributed by atoms with Crippen molar-refractivity contribution in [2.45, 2.75) is 51.8 Å². The molecule has 29 heavy (non-hydrogen) atoms. The lowest BCUT2D eigenvalue weighted by atomic mass is 10.1. The summed E-state index contributed by atoms with van der Waals surface area (Å²) >= 11 is 0. The number of nitrogens with two attached hydrogens (primary N) is 1. The number of aryl methyl sites for hydroxylation is 1. The van der Waals surface area contributed by atoms with E-state index >= 15 is 0 Å². The van der Waals surface area contributed by atoms with Gasteiger partial charge in [-0.15, -0.1) is 0 Å². The minimum Gasteiger partial charge on any atom is -0.490 e. The Hall–Kier alpha value is -3.02. The summed E-state index contributed by atoms with van der Waals surface area (Å²) in [5, 5.41) is 6.65. The van der Waals surface area contributed by atoms with Crippen LogP contribution in [0.25, 0.3) is 0 Å². The summed E-state index contributed by atoms with van der Waals surface area (Å²) in [6.45, 7) is 3.31. The van der Waals surface area contributed by atoms with Crippen molar-refractivity contribution in [3.63, 3.8) is 0 Å². The van der Waals surface area contributed by atoms with Crippen molar-refractivity contribution in [3.05, 3.63) is 64.7 Å². The Kier molecular flexibility index (Phi) is 7.11. The molecule has 0 saturated heterocycles. The Bertz CT molecular complexity index is 856. The predicted molar refractivity (Wildman–Crippen MR) is 116 cm³/mol. The average molecular weight is 395 g/mol. The molecule has 0 bridgehead atoms. The van der Waals surface area contributed by atoms with Crippen LogP contribution in [-0.2, 0) is 13.1 Å². The Labute approximate surface area is 172 Å². The summed E-state index contributed by atoms with van der Waals surface area (Å²) in [7, 11) is 1.75. The summed E-state index contributed by atoms with van der Waals surface area (Å²) in [5.41, 5.74) is 9.15. The highest BCUT2D eigenvalue weighted by molar-refractivity contribution is 5.92. The molecule has 2 aromatic carbocycles. The van der Waals surface area contributed by atoms with E-state index in [1.54, 1.807) is 19.2 Å². The average Bonchev–Trinajstić information content (AvgIpc) is 3.23. The van der Waals surface area contributed by atoms with E-state index < -0.39 is 5.91 Å². The van der Waals surface area contributed by atoms with Crippen LogP contribution in [0.2, 0.25) is 0 Å². The molecule has 0 heterocycles. The van der Waals surface area contributed by atoms with Gasteiger partial charge in [0.2, 0.25) is 5.91 Å². The van der Waals surface area contributed by atoms with Crippen molar-refractivity contribution < 1.29 is 9.53 Å². The van der Waals surface area contributed by atoms with Crippen molar-refractivity contribution in [1.29, 1.82) is 0 Å². The van der Waals surface area contributed by atoms with Crippen molar-refractivity contribution >= 4 is 11.9 Å². The largest absolute Gasteiger partial charge is 0.490 e. The fourth-order valence-electron chi connectivity index (χ4n) is 3.48. The zero-order valence-electron chi connectivity index (χ0n) is 17.2. The van der Waals surface area contributed by atoms with E-state index in [0.29, 0.717) is 30.7 Å². The van der Waals surface area contributed by atoms with Gasteiger partial charge in [-0.05, 0) is 61.9 Å². The molecule has 3 rings (SSSR count). The Balaban J connectivity index is 1.56. The van der Waals surface area contributed by atoms with Gasteiger partial charge in [0.15, 0.2) is 5.96 Å². The minimum absolute atomic E-state index is 0.330. The van der Waals surface area contributed by atoms with Crippen LogP contribution in [0.4, 0.5) is 0 Å². The number of nitrogens with one attached hydrogen (secondary N) is 2. The van der Waals surface area contributed by atoms with Crippen LogP contribution in [-0.4, -0.2) is 25.0 Å². The first-order valence-corrected chi connectivity index (χ1v) is 10.1. The highest BCUT2D eigenvalue weighted by Crippen LogP contribution is 2.27. The van der Waals surface area contributed by atoms with Crippen LogP contribution >= 0.6 is 0 Å². The van der Waals surface area contributed by atoms with Gasteiger partial charge >= 0.3 is 0 Å². The van der Waals surface area contributed by atoms with Crippen molar-refractivity contribution in [1.82, 2.24) is 10.6 Å². The minimum atomic E-state index is -0.421. The normalized spacial score (nSPS) is 14.6. The van der Waals surface area contributed by atoms with Crippen molar-refractivity contribution in [2.75, 3.05) is 7.05 Å². The number of carbonyl (C=O) groups excluding carboxylic acids is 1. The molecule has 1 aliphatic rings. The lowest BCUT2D eigenvalue weighted by Crippen LogP contribution is -2.36. The molecule has 1 aliphatic carbocycles. The second-order valence-corrected chi connectivity index (χ2v) is 7.48. The third kappa shape index (κ3) is 5.98. The van der Waals surface area contributed by atoms with Gasteiger partial charge in [0.05, 0.1) is 6.10 Å². The first-order chi connectivity index (χ1) is 14.0. The van der Waals surface area contributed by atoms with E-state index in [1.807, 2.05) is 12.1 Å². The van der Waals surface area contributed by atoms with Gasteiger partial charge in [-0.3, -0.25) is 9.79 Å². The molecule has 6 nitrogen and oxygen atoms in total. The van der Waals surface area contributed by atoms with E-state index in [9.17, 15) is 4.79 Å². The number of primary amides is 1. The van der Waals surface area contributed by atoms with E-state index in [4.69, 9.17) is 10.5 Å². The highest BCUT2D eigenvalue weighted by atomic mass is 16.5. The molecule has 0 aliphatic heterocycles. The van der Waals surface area contributed by atoms with Gasteiger partial charge in [0, 0.05) is 31.3 Å². The molecule has 0 atom stereocenters. The molecular formula is C23H30N4O2. The highest BCUT2D eigenvalue weighted by Gasteiger charge is 2.18. The number of rotatable bonds is 7. The number of amides is 1. The SMILES string of the molecule is CN=C(NCc1ccc(C(N)=O)cc1)NCc1ccc(C)cc1OC1CCCC1. The van der Waals surface area contributed by atoms with E-state index in [2.05, 4.69) is 40.7 Å². The topological polar surface area (TPSA) is 88.7 Å². The number of carbonyl (C=O) groups is 1. The Morgan fingerprint density at radius 1 is 1.10 bits per heavy atom. The second kappa shape index (κ2) is 9.96. The molecule has 0 radical (unpaired) electrons. The smallest absolute Gasteiger partial charge is 0.248 e. The third-order valence-electron chi connectivity index (χ3n) is 5.19. The third-order valence-corrected chi connectivity index (χ3v) is 5.19. The fourth-order valence-corrected chi connectivity index (χ4v) is 3.48. The van der Waals surface area contributed by atoms with Crippen LogP contribution in [0, 0.1) is 6.92 Å². The number of hydrogen-bond donors (Lipinski definition) is 3. The van der Waals surface area contributed by atoms with Crippen LogP contribution < -0.4 is 21.1 Å². The predicted octanol–water partition coefficient (Wildman–Crippen LogP) is 3.28. The maximum Gasteiger partial charge on any atom is 0.248 e. The number of benzene rings is 2. The molecule has 4 N–H and O–H groups in total. The summed E-state index contributed by atoms with van der Waals surface area (Å²) in [6.07, 6.45) is 5.11. The van der Waals surface area contributed by atoms with Crippen LogP contribution in [0.15, 0.2) is 47.5 Å². The lowest BCUT2D eigenvalue weighted by molar-refractivity contribution is 0.100. The summed E-state index contributed by atoms with van der Waals surface area (Å²) < 4.78 is 6.27. The second-order valence-electron chi connectivity index (χ2n) is 7.48. The van der Waals surface area contributed by atoms with E-state index in [0.717, 1.165) is 29.7 Å². The zero-order chi connectivity index (χ0) is 20.6. The molecule has 1 saturated carbocycles. The number of ether oxygens (including phenoxy) is 1. The van der Waals surface area contributed by atoms with Crippen LogP contribution in [0.3, 0.4) is 0 Å². The summed E-state index contributed by atoms with van der Waals surface area (Å²) in [6, 6.07) is 13.6. The van der Waals surface area contributed by atoms with Crippen LogP contribution in [0.5, 0.6) is 5.75 Å². The van der Waals surface area contributed by atoms with Gasteiger partial charge in [0.1, 0.15) is 5.75 Å². The molecule has 0 unspecified atom stereocenters. The summed E-state index contributed by atoms with van der Waals surface area (Å²) in [4.78, 5) is 15.5. The van der Waals surface area contributed by atoms with E-state index in [-0.39, 0.29) is 0 Å². The Morgan fingerprint density at radius 3 is 2.45 bits per heavy atom. The number of hydrogen-bond acceptors (Lipinski definition) is 3. The molecule has 154 valence electrons. The molecule has 1 amide bonds. The first-order valence-electron chi connectivity index (χ1n) is 10.1. The Morgan fingerprint density at radius 2 is 1.79 bits per heavy atom. The van der Waals surface area contributed by atoms with Crippen LogP contribution in [0.1, 0.15) is 52.7 Å². The summed E-state index contributed by atoms with van der Waals surface area (Å²) in [5.74, 6) is 1.24. The molecule has 0 spiro atoms. The zero-order valence-corrected chi connectivity index (χ0v) is 17.2. The van der Waals surface area contributed by atoms with Crippen molar-refractivity contribution in [2.24, 2.45) is 10.7 Å². The number of nitrogens with zero attached hydrogens (tertiary/aromatic N) is 1. The van der Waals surface area contributed by atoms with Gasteiger partial charge in [-0.25, -0.2) is 0 Å². The standard InChI is InChI=1S/C23H30N4O2/c1-16-7-10-19(21(13-16)29-20-5-3-4-6-20)15-27-23(25-2)26-14-17-8-11-18(12-9-17)22(24)28/h7-13,20H,3-6,14-15H2,1-2H3,(H2,24,28)(H2,25,26,27). The fraction of sp³-hybridized carbons (Fsp3) is 0.391. The van der Waals surface area contributed by atoms with E-state index in [1.165, 1.54) is 18.4 Å². The van der Waals surface area contributed by atoms with Gasteiger partial charge in [-0.2, -0.15) is 0 Å². The molecule has 6 heteroatoms. The van der Waals surface area contributed by atoms with Crippen molar-refractivity contribution in [3.8, 4) is 5.75 Å². The quantitative estimate of drug-likeness (QED) is 0.497. The maximum atomic E-state index is 11.2. The number of aliphatic imine (C=N–C) groups is 1. The van der Waals surface area contributed by atoms with Gasteiger partial charge in [0.25, 0.3) is 0 Å². The monoisotopic (exact) mass is 394 g/mol. The molecule has 1 fully saturated rings. The molecule has 0 aromatic heterocycles. The number of guanidine groups is 1. The van der Waals surface area contributed by atoms with Gasteiger partial charge < -0.3 is 21.1 Å².